The Balaban J connectivity index is 1.75. The molecule has 3 aromatic rings. The third-order valence-electron chi connectivity index (χ3n) is 4.27. The van der Waals surface area contributed by atoms with Gasteiger partial charge in [-0.2, -0.15) is 13.2 Å². The summed E-state index contributed by atoms with van der Waals surface area (Å²) in [5, 5.41) is 6.54. The van der Waals surface area contributed by atoms with Crippen LogP contribution in [-0.2, 0) is 19.8 Å². The Morgan fingerprint density at radius 3 is 2.60 bits per heavy atom. The van der Waals surface area contributed by atoms with Crippen LogP contribution in [0.3, 0.4) is 0 Å². The summed E-state index contributed by atoms with van der Waals surface area (Å²) < 4.78 is 54.0. The summed E-state index contributed by atoms with van der Waals surface area (Å²) in [5.74, 6) is -1.10. The van der Waals surface area contributed by atoms with Gasteiger partial charge in [-0.3, -0.25) is 9.36 Å². The van der Waals surface area contributed by atoms with E-state index >= 15 is 0 Å². The molecule has 0 aliphatic heterocycles. The smallest absolute Gasteiger partial charge is 0.350 e. The van der Waals surface area contributed by atoms with Gasteiger partial charge in [0.25, 0.3) is 5.91 Å². The van der Waals surface area contributed by atoms with E-state index in [1.54, 1.807) is 0 Å². The van der Waals surface area contributed by atoms with Crippen LogP contribution >= 0.6 is 11.6 Å². The Kier molecular flexibility index (Phi) is 5.97. The molecule has 158 valence electrons. The lowest BCUT2D eigenvalue weighted by Crippen LogP contribution is -2.31. The van der Waals surface area contributed by atoms with Gasteiger partial charge in [0.2, 0.25) is 0 Å². The number of rotatable bonds is 5. The van der Waals surface area contributed by atoms with Crippen LogP contribution in [0.1, 0.15) is 15.9 Å². The van der Waals surface area contributed by atoms with Crippen molar-refractivity contribution in [1.82, 2.24) is 19.7 Å². The Hall–Kier alpha value is -3.14. The SMILES string of the molecule is Cn1c(-c2cccc(C(F)(F)F)c2)nn(CCNC(=O)c2ccc(F)cc2Cl)c1=O. The average molecular weight is 443 g/mol. The van der Waals surface area contributed by atoms with Gasteiger partial charge < -0.3 is 5.32 Å². The molecule has 1 N–H and O–H groups in total. The molecule has 0 radical (unpaired) electrons. The van der Waals surface area contributed by atoms with Crippen LogP contribution in [0.5, 0.6) is 0 Å². The minimum atomic E-state index is -4.52. The molecular weight excluding hydrogens is 428 g/mol. The molecule has 3 rings (SSSR count). The maximum atomic E-state index is 13.1. The van der Waals surface area contributed by atoms with Crippen molar-refractivity contribution >= 4 is 17.5 Å². The molecule has 0 saturated carbocycles. The molecule has 1 aromatic heterocycles. The third kappa shape index (κ3) is 4.54. The monoisotopic (exact) mass is 442 g/mol. The van der Waals surface area contributed by atoms with Crippen molar-refractivity contribution in [2.75, 3.05) is 6.54 Å². The maximum Gasteiger partial charge on any atom is 0.416 e. The first-order valence-electron chi connectivity index (χ1n) is 8.62. The lowest BCUT2D eigenvalue weighted by Gasteiger charge is -2.08. The van der Waals surface area contributed by atoms with Crippen molar-refractivity contribution in [3.8, 4) is 11.4 Å². The van der Waals surface area contributed by atoms with E-state index < -0.39 is 29.2 Å². The maximum absolute atomic E-state index is 13.1. The van der Waals surface area contributed by atoms with Crippen molar-refractivity contribution < 1.29 is 22.4 Å². The molecule has 1 amide bonds. The molecular formula is C19H15ClF4N4O2. The van der Waals surface area contributed by atoms with E-state index in [-0.39, 0.29) is 35.1 Å². The minimum Gasteiger partial charge on any atom is -0.350 e. The van der Waals surface area contributed by atoms with Gasteiger partial charge in [-0.1, -0.05) is 23.7 Å². The Labute approximate surface area is 172 Å². The van der Waals surface area contributed by atoms with E-state index in [0.717, 1.165) is 33.5 Å². The first-order valence-corrected chi connectivity index (χ1v) is 9.00. The van der Waals surface area contributed by atoms with Crippen LogP contribution < -0.4 is 11.0 Å². The van der Waals surface area contributed by atoms with Crippen molar-refractivity contribution in [3.05, 3.63) is 74.9 Å². The highest BCUT2D eigenvalue weighted by Gasteiger charge is 2.31. The molecule has 0 bridgehead atoms. The summed E-state index contributed by atoms with van der Waals surface area (Å²) >= 11 is 5.83. The quantitative estimate of drug-likeness (QED) is 0.615. The second kappa shape index (κ2) is 8.31. The summed E-state index contributed by atoms with van der Waals surface area (Å²) in [7, 11) is 1.39. The highest BCUT2D eigenvalue weighted by molar-refractivity contribution is 6.33. The van der Waals surface area contributed by atoms with Crippen LogP contribution in [0.25, 0.3) is 11.4 Å². The number of nitrogens with one attached hydrogen (secondary N) is 1. The van der Waals surface area contributed by atoms with Gasteiger partial charge in [0.15, 0.2) is 5.82 Å². The normalized spacial score (nSPS) is 11.5. The molecule has 6 nitrogen and oxygen atoms in total. The second-order valence-corrected chi connectivity index (χ2v) is 6.75. The lowest BCUT2D eigenvalue weighted by atomic mass is 10.1. The highest BCUT2D eigenvalue weighted by Crippen LogP contribution is 2.31. The fourth-order valence-electron chi connectivity index (χ4n) is 2.76. The molecule has 0 aliphatic carbocycles. The summed E-state index contributed by atoms with van der Waals surface area (Å²) in [6.07, 6.45) is -4.52. The highest BCUT2D eigenvalue weighted by atomic mass is 35.5. The van der Waals surface area contributed by atoms with Crippen molar-refractivity contribution in [2.45, 2.75) is 12.7 Å². The summed E-state index contributed by atoms with van der Waals surface area (Å²) in [5.41, 5.74) is -1.22. The molecule has 0 unspecified atom stereocenters. The van der Waals surface area contributed by atoms with Gasteiger partial charge in [-0.15, -0.1) is 5.10 Å². The number of nitrogens with zero attached hydrogens (tertiary/aromatic N) is 3. The zero-order valence-electron chi connectivity index (χ0n) is 15.5. The van der Waals surface area contributed by atoms with Gasteiger partial charge in [-0.05, 0) is 30.3 Å². The topological polar surface area (TPSA) is 68.9 Å². The van der Waals surface area contributed by atoms with Crippen molar-refractivity contribution in [1.29, 1.82) is 0 Å². The van der Waals surface area contributed by atoms with Crippen molar-refractivity contribution in [2.24, 2.45) is 7.05 Å². The van der Waals surface area contributed by atoms with Gasteiger partial charge in [0.1, 0.15) is 5.82 Å². The zero-order valence-corrected chi connectivity index (χ0v) is 16.3. The Bertz CT molecular complexity index is 1150. The molecule has 0 atom stereocenters. The number of hydrogen-bond acceptors (Lipinski definition) is 3. The molecule has 0 spiro atoms. The molecule has 0 aliphatic rings. The van der Waals surface area contributed by atoms with E-state index in [2.05, 4.69) is 10.4 Å². The summed E-state index contributed by atoms with van der Waals surface area (Å²) in [6, 6.07) is 7.80. The van der Waals surface area contributed by atoms with Crippen LogP contribution in [-0.4, -0.2) is 26.8 Å². The summed E-state index contributed by atoms with van der Waals surface area (Å²) in [4.78, 5) is 24.5. The standard InChI is InChI=1S/C19H15ClF4N4O2/c1-27-16(11-3-2-4-12(9-11)19(22,23)24)26-28(18(27)30)8-7-25-17(29)14-6-5-13(21)10-15(14)20/h2-6,9-10H,7-8H2,1H3,(H,25,29). The van der Waals surface area contributed by atoms with E-state index in [9.17, 15) is 27.2 Å². The zero-order chi connectivity index (χ0) is 22.1. The number of carbonyl (C=O) groups is 1. The molecule has 0 saturated heterocycles. The molecule has 30 heavy (non-hydrogen) atoms. The number of hydrogen-bond donors (Lipinski definition) is 1. The fraction of sp³-hybridized carbons (Fsp3) is 0.211. The van der Waals surface area contributed by atoms with Crippen LogP contribution in [0.2, 0.25) is 5.02 Å². The van der Waals surface area contributed by atoms with Crippen LogP contribution in [0.4, 0.5) is 17.6 Å². The van der Waals surface area contributed by atoms with Crippen molar-refractivity contribution in [3.63, 3.8) is 0 Å². The number of halogens is 5. The molecule has 1 heterocycles. The first-order chi connectivity index (χ1) is 14.1. The number of amides is 1. The first kappa shape index (κ1) is 21.6. The largest absolute Gasteiger partial charge is 0.416 e. The second-order valence-electron chi connectivity index (χ2n) is 6.35. The Morgan fingerprint density at radius 1 is 1.20 bits per heavy atom. The predicted molar refractivity (Wildman–Crippen MR) is 102 cm³/mol. The fourth-order valence-corrected chi connectivity index (χ4v) is 3.02. The third-order valence-corrected chi connectivity index (χ3v) is 4.59. The van der Waals surface area contributed by atoms with Crippen LogP contribution in [0.15, 0.2) is 47.3 Å². The van der Waals surface area contributed by atoms with E-state index in [0.29, 0.717) is 0 Å². The van der Waals surface area contributed by atoms with Gasteiger partial charge in [0, 0.05) is 19.2 Å². The van der Waals surface area contributed by atoms with E-state index in [1.165, 1.54) is 25.2 Å². The Morgan fingerprint density at radius 2 is 1.93 bits per heavy atom. The van der Waals surface area contributed by atoms with E-state index in [1.807, 2.05) is 0 Å². The van der Waals surface area contributed by atoms with Gasteiger partial charge >= 0.3 is 11.9 Å². The minimum absolute atomic E-state index is 0.00844. The lowest BCUT2D eigenvalue weighted by molar-refractivity contribution is -0.137. The van der Waals surface area contributed by atoms with E-state index in [4.69, 9.17) is 11.6 Å². The molecule has 2 aromatic carbocycles. The molecule has 0 fully saturated rings. The number of carbonyl (C=O) groups excluding carboxylic acids is 1. The number of benzene rings is 2. The van der Waals surface area contributed by atoms with Gasteiger partial charge in [0.05, 0.1) is 22.7 Å². The predicted octanol–water partition coefficient (Wildman–Crippen LogP) is 3.49. The average Bonchev–Trinajstić information content (AvgIpc) is 2.96. The molecule has 11 heteroatoms. The van der Waals surface area contributed by atoms with Gasteiger partial charge in [-0.25, -0.2) is 13.9 Å². The summed E-state index contributed by atoms with van der Waals surface area (Å²) in [6.45, 7) is -0.0400. The number of aromatic nitrogens is 3. The number of alkyl halides is 3. The van der Waals surface area contributed by atoms with Crippen LogP contribution in [0, 0.1) is 5.82 Å².